The summed E-state index contributed by atoms with van der Waals surface area (Å²) in [7, 11) is 0. The summed E-state index contributed by atoms with van der Waals surface area (Å²) in [5.74, 6) is 0.413. The van der Waals surface area contributed by atoms with Crippen LogP contribution in [0, 0.1) is 5.92 Å². The van der Waals surface area contributed by atoms with Crippen molar-refractivity contribution in [2.75, 3.05) is 6.54 Å². The zero-order valence-electron chi connectivity index (χ0n) is 17.4. The third kappa shape index (κ3) is 5.27. The van der Waals surface area contributed by atoms with E-state index in [4.69, 9.17) is 4.74 Å². The largest absolute Gasteiger partial charge is 0.444 e. The van der Waals surface area contributed by atoms with Crippen LogP contribution in [0.1, 0.15) is 77.3 Å². The molecule has 2 amide bonds. The molecule has 1 saturated heterocycles. The van der Waals surface area contributed by atoms with Crippen LogP contribution in [0.3, 0.4) is 0 Å². The lowest BCUT2D eigenvalue weighted by Crippen LogP contribution is -2.54. The van der Waals surface area contributed by atoms with Gasteiger partial charge in [0.05, 0.1) is 6.04 Å². The van der Waals surface area contributed by atoms with Crippen molar-refractivity contribution in [3.8, 4) is 0 Å². The Kier molecular flexibility index (Phi) is 6.63. The van der Waals surface area contributed by atoms with Gasteiger partial charge in [0, 0.05) is 6.54 Å². The average Bonchev–Trinajstić information content (AvgIpc) is 3.19. The Bertz CT molecular complexity index is 662. The number of hydrogen-bond acceptors (Lipinski definition) is 3. The average molecular weight is 387 g/mol. The van der Waals surface area contributed by atoms with E-state index >= 15 is 0 Å². The molecule has 1 saturated carbocycles. The molecule has 2 atom stereocenters. The number of carbonyl (C=O) groups is 2. The third-order valence-corrected chi connectivity index (χ3v) is 5.76. The first-order valence-corrected chi connectivity index (χ1v) is 10.7. The molecule has 1 heterocycles. The molecule has 28 heavy (non-hydrogen) atoms. The molecule has 5 nitrogen and oxygen atoms in total. The number of rotatable bonds is 4. The maximum absolute atomic E-state index is 13.3. The highest BCUT2D eigenvalue weighted by atomic mass is 16.6. The molecule has 1 N–H and O–H groups in total. The summed E-state index contributed by atoms with van der Waals surface area (Å²) in [6, 6.07) is 9.80. The number of carbonyl (C=O) groups excluding carboxylic acids is 2. The smallest absolute Gasteiger partial charge is 0.410 e. The number of amides is 2. The predicted octanol–water partition coefficient (Wildman–Crippen LogP) is 4.82. The van der Waals surface area contributed by atoms with E-state index in [1.807, 2.05) is 39.0 Å². The van der Waals surface area contributed by atoms with E-state index in [-0.39, 0.29) is 18.0 Å². The molecule has 1 aromatic carbocycles. The van der Waals surface area contributed by atoms with Gasteiger partial charge in [0.25, 0.3) is 0 Å². The molecule has 1 aliphatic carbocycles. The van der Waals surface area contributed by atoms with E-state index in [0.29, 0.717) is 18.9 Å². The summed E-state index contributed by atoms with van der Waals surface area (Å²) >= 11 is 0. The molecular formula is C23H34N2O3. The van der Waals surface area contributed by atoms with Crippen molar-refractivity contribution in [1.29, 1.82) is 0 Å². The van der Waals surface area contributed by atoms with Crippen LogP contribution in [0.15, 0.2) is 30.3 Å². The van der Waals surface area contributed by atoms with E-state index in [2.05, 4.69) is 17.4 Å². The quantitative estimate of drug-likeness (QED) is 0.807. The van der Waals surface area contributed by atoms with Crippen LogP contribution in [0.4, 0.5) is 4.79 Å². The van der Waals surface area contributed by atoms with Crippen molar-refractivity contribution in [2.45, 2.75) is 83.4 Å². The monoisotopic (exact) mass is 386 g/mol. The molecule has 1 aromatic rings. The molecule has 0 bridgehead atoms. The van der Waals surface area contributed by atoms with Crippen LogP contribution >= 0.6 is 0 Å². The highest BCUT2D eigenvalue weighted by Gasteiger charge is 2.37. The van der Waals surface area contributed by atoms with Crippen LogP contribution in [0.25, 0.3) is 0 Å². The first kappa shape index (κ1) is 20.7. The maximum Gasteiger partial charge on any atom is 0.410 e. The molecule has 5 heteroatoms. The molecule has 0 spiro atoms. The summed E-state index contributed by atoms with van der Waals surface area (Å²) in [6.45, 7) is 6.15. The molecule has 2 unspecified atom stereocenters. The Morgan fingerprint density at radius 2 is 1.68 bits per heavy atom. The Labute approximate surface area is 168 Å². The summed E-state index contributed by atoms with van der Waals surface area (Å²) in [5, 5.41) is 3.30. The lowest BCUT2D eigenvalue weighted by Gasteiger charge is -2.37. The fraction of sp³-hybridized carbons (Fsp3) is 0.652. The van der Waals surface area contributed by atoms with Gasteiger partial charge in [-0.3, -0.25) is 9.69 Å². The molecular weight excluding hydrogens is 352 g/mol. The van der Waals surface area contributed by atoms with E-state index in [0.717, 1.165) is 31.2 Å². The highest BCUT2D eigenvalue weighted by molar-refractivity contribution is 5.86. The minimum absolute atomic E-state index is 0.0126. The van der Waals surface area contributed by atoms with Crippen LogP contribution in [0.5, 0.6) is 0 Å². The first-order chi connectivity index (χ1) is 13.3. The SMILES string of the molecule is CC(C)(C)OC(=O)N1CCCCC1C(=O)NC(c1ccccc1)C1CCCC1. The minimum Gasteiger partial charge on any atom is -0.444 e. The van der Waals surface area contributed by atoms with Crippen LogP contribution in [-0.4, -0.2) is 35.1 Å². The number of ether oxygens (including phenoxy) is 1. The van der Waals surface area contributed by atoms with Crippen LogP contribution < -0.4 is 5.32 Å². The zero-order valence-corrected chi connectivity index (χ0v) is 17.4. The number of nitrogens with one attached hydrogen (secondary N) is 1. The van der Waals surface area contributed by atoms with Gasteiger partial charge in [-0.05, 0) is 64.4 Å². The maximum atomic E-state index is 13.3. The molecule has 2 aliphatic rings. The number of likely N-dealkylation sites (tertiary alicyclic amines) is 1. The second kappa shape index (κ2) is 8.97. The Hall–Kier alpha value is -2.04. The van der Waals surface area contributed by atoms with Crippen molar-refractivity contribution in [1.82, 2.24) is 10.2 Å². The number of hydrogen-bond donors (Lipinski definition) is 1. The van der Waals surface area contributed by atoms with E-state index in [9.17, 15) is 9.59 Å². The van der Waals surface area contributed by atoms with Crippen molar-refractivity contribution < 1.29 is 14.3 Å². The van der Waals surface area contributed by atoms with E-state index < -0.39 is 11.6 Å². The predicted molar refractivity (Wildman–Crippen MR) is 110 cm³/mol. The number of benzene rings is 1. The highest BCUT2D eigenvalue weighted by Crippen LogP contribution is 2.36. The summed E-state index contributed by atoms with van der Waals surface area (Å²) in [6.07, 6.45) is 6.89. The fourth-order valence-electron chi connectivity index (χ4n) is 4.42. The van der Waals surface area contributed by atoms with Gasteiger partial charge in [0.1, 0.15) is 11.6 Å². The Morgan fingerprint density at radius 3 is 2.32 bits per heavy atom. The van der Waals surface area contributed by atoms with E-state index in [1.165, 1.54) is 12.8 Å². The van der Waals surface area contributed by atoms with Gasteiger partial charge in [-0.1, -0.05) is 43.2 Å². The van der Waals surface area contributed by atoms with Gasteiger partial charge in [-0.2, -0.15) is 0 Å². The molecule has 154 valence electrons. The standard InChI is InChI=1S/C23H34N2O3/c1-23(2,3)28-22(27)25-16-10-9-15-19(25)21(26)24-20(18-13-7-8-14-18)17-11-5-4-6-12-17/h4-6,11-12,18-20H,7-10,13-16H2,1-3H3,(H,24,26). The van der Waals surface area contributed by atoms with Gasteiger partial charge >= 0.3 is 6.09 Å². The summed E-state index contributed by atoms with van der Waals surface area (Å²) in [5.41, 5.74) is 0.591. The minimum atomic E-state index is -0.564. The van der Waals surface area contributed by atoms with Crippen molar-refractivity contribution in [3.63, 3.8) is 0 Å². The van der Waals surface area contributed by atoms with Crippen molar-refractivity contribution in [2.24, 2.45) is 5.92 Å². The topological polar surface area (TPSA) is 58.6 Å². The van der Waals surface area contributed by atoms with Gasteiger partial charge in [-0.15, -0.1) is 0 Å². The molecule has 3 rings (SSSR count). The van der Waals surface area contributed by atoms with Gasteiger partial charge in [-0.25, -0.2) is 4.79 Å². The number of piperidine rings is 1. The lowest BCUT2D eigenvalue weighted by atomic mass is 9.91. The van der Waals surface area contributed by atoms with E-state index in [1.54, 1.807) is 4.90 Å². The first-order valence-electron chi connectivity index (χ1n) is 10.7. The second-order valence-corrected chi connectivity index (χ2v) is 9.13. The Morgan fingerprint density at radius 1 is 1.04 bits per heavy atom. The van der Waals surface area contributed by atoms with Gasteiger partial charge in [0.15, 0.2) is 0 Å². The van der Waals surface area contributed by atoms with Crippen molar-refractivity contribution >= 4 is 12.0 Å². The van der Waals surface area contributed by atoms with Gasteiger partial charge in [0.2, 0.25) is 5.91 Å². The molecule has 2 fully saturated rings. The second-order valence-electron chi connectivity index (χ2n) is 9.13. The zero-order chi connectivity index (χ0) is 20.1. The fourth-order valence-corrected chi connectivity index (χ4v) is 4.42. The van der Waals surface area contributed by atoms with Crippen LogP contribution in [-0.2, 0) is 9.53 Å². The summed E-state index contributed by atoms with van der Waals surface area (Å²) < 4.78 is 5.55. The molecule has 1 aliphatic heterocycles. The number of nitrogens with zero attached hydrogens (tertiary/aromatic N) is 1. The molecule has 0 radical (unpaired) electrons. The Balaban J connectivity index is 1.74. The lowest BCUT2D eigenvalue weighted by molar-refractivity contribution is -0.128. The third-order valence-electron chi connectivity index (χ3n) is 5.76. The van der Waals surface area contributed by atoms with Crippen LogP contribution in [0.2, 0.25) is 0 Å². The van der Waals surface area contributed by atoms with Gasteiger partial charge < -0.3 is 10.1 Å². The summed E-state index contributed by atoms with van der Waals surface area (Å²) in [4.78, 5) is 27.5. The van der Waals surface area contributed by atoms with Crippen molar-refractivity contribution in [3.05, 3.63) is 35.9 Å². The normalized spacial score (nSPS) is 22.0. The molecule has 0 aromatic heterocycles.